The summed E-state index contributed by atoms with van der Waals surface area (Å²) in [5.41, 5.74) is 0. The fourth-order valence-corrected chi connectivity index (χ4v) is 3.68. The van der Waals surface area contributed by atoms with Gasteiger partial charge in [0.1, 0.15) is 0 Å². The molecule has 2 rings (SSSR count). The van der Waals surface area contributed by atoms with Crippen LogP contribution in [0.4, 0.5) is 13.2 Å². The van der Waals surface area contributed by atoms with Gasteiger partial charge in [0.05, 0.1) is 25.4 Å². The zero-order chi connectivity index (χ0) is 20.4. The summed E-state index contributed by atoms with van der Waals surface area (Å²) >= 11 is 0. The van der Waals surface area contributed by atoms with Gasteiger partial charge in [0, 0.05) is 33.3 Å². The van der Waals surface area contributed by atoms with E-state index in [0.29, 0.717) is 26.1 Å². The van der Waals surface area contributed by atoms with E-state index in [1.165, 1.54) is 18.4 Å². The number of hydrogen-bond acceptors (Lipinski definition) is 4. The number of likely N-dealkylation sites (tertiary alicyclic amines) is 1. The summed E-state index contributed by atoms with van der Waals surface area (Å²) in [5.74, 6) is 0.813. The predicted molar refractivity (Wildman–Crippen MR) is 104 cm³/mol. The first-order chi connectivity index (χ1) is 13.4. The van der Waals surface area contributed by atoms with Gasteiger partial charge in [-0.2, -0.15) is 13.2 Å². The molecule has 0 bridgehead atoms. The molecule has 28 heavy (non-hydrogen) atoms. The molecule has 164 valence electrons. The first-order valence-corrected chi connectivity index (χ1v) is 10.3. The third-order valence-corrected chi connectivity index (χ3v) is 5.19. The summed E-state index contributed by atoms with van der Waals surface area (Å²) < 4.78 is 48.8. The smallest absolute Gasteiger partial charge is 0.376 e. The number of nitrogens with zero attached hydrogens (tertiary/aromatic N) is 3. The molecule has 2 aliphatic rings. The number of alkyl halides is 3. The van der Waals surface area contributed by atoms with Crippen molar-refractivity contribution in [3.05, 3.63) is 0 Å². The number of aliphatic imine (C=N–C) groups is 1. The Morgan fingerprint density at radius 1 is 1.25 bits per heavy atom. The van der Waals surface area contributed by atoms with E-state index in [-0.39, 0.29) is 12.2 Å². The van der Waals surface area contributed by atoms with Gasteiger partial charge in [0.15, 0.2) is 5.96 Å². The lowest BCUT2D eigenvalue weighted by Crippen LogP contribution is -2.47. The Balaban J connectivity index is 1.59. The highest BCUT2D eigenvalue weighted by molar-refractivity contribution is 5.79. The monoisotopic (exact) mass is 408 g/mol. The van der Waals surface area contributed by atoms with E-state index in [9.17, 15) is 13.2 Å². The van der Waals surface area contributed by atoms with Gasteiger partial charge >= 0.3 is 6.18 Å². The Morgan fingerprint density at radius 2 is 2.00 bits per heavy atom. The first-order valence-electron chi connectivity index (χ1n) is 10.3. The molecule has 0 aromatic rings. The van der Waals surface area contributed by atoms with Gasteiger partial charge in [-0.05, 0) is 52.1 Å². The average molecular weight is 409 g/mol. The highest BCUT2D eigenvalue weighted by Crippen LogP contribution is 2.18. The van der Waals surface area contributed by atoms with Gasteiger partial charge in [-0.25, -0.2) is 0 Å². The Bertz CT molecular complexity index is 463. The average Bonchev–Trinajstić information content (AvgIpc) is 2.66. The molecule has 1 unspecified atom stereocenters. The van der Waals surface area contributed by atoms with Crippen LogP contribution in [0.5, 0.6) is 0 Å². The van der Waals surface area contributed by atoms with Gasteiger partial charge in [0.2, 0.25) is 0 Å². The fourth-order valence-electron chi connectivity index (χ4n) is 3.68. The lowest BCUT2D eigenvalue weighted by molar-refractivity contribution is -0.143. The van der Waals surface area contributed by atoms with Crippen molar-refractivity contribution in [2.75, 3.05) is 60.0 Å². The summed E-state index contributed by atoms with van der Waals surface area (Å²) in [6.45, 7) is 3.38. The van der Waals surface area contributed by atoms with Crippen LogP contribution in [0, 0.1) is 0 Å². The second kappa shape index (κ2) is 11.8. The molecule has 2 aliphatic heterocycles. The van der Waals surface area contributed by atoms with Crippen molar-refractivity contribution in [1.29, 1.82) is 0 Å². The number of hydrogen-bond donors (Lipinski definition) is 1. The fraction of sp³-hybridized carbons (Fsp3) is 0.947. The quantitative estimate of drug-likeness (QED) is 0.380. The highest BCUT2D eigenvalue weighted by Gasteiger charge is 2.29. The van der Waals surface area contributed by atoms with Crippen molar-refractivity contribution in [2.24, 2.45) is 4.99 Å². The maximum atomic E-state index is 12.3. The van der Waals surface area contributed by atoms with Crippen molar-refractivity contribution in [3.63, 3.8) is 0 Å². The van der Waals surface area contributed by atoms with Gasteiger partial charge in [-0.3, -0.25) is 9.89 Å². The van der Waals surface area contributed by atoms with E-state index in [2.05, 4.69) is 15.2 Å². The number of nitrogens with one attached hydrogen (secondary N) is 1. The van der Waals surface area contributed by atoms with Crippen LogP contribution in [0.25, 0.3) is 0 Å². The Labute approximate surface area is 166 Å². The van der Waals surface area contributed by atoms with E-state index < -0.39 is 12.7 Å². The minimum Gasteiger partial charge on any atom is -0.376 e. The van der Waals surface area contributed by atoms with E-state index in [1.807, 2.05) is 0 Å². The number of ether oxygens (including phenoxy) is 2. The summed E-state index contributed by atoms with van der Waals surface area (Å²) in [6, 6.07) is 0. The molecular weight excluding hydrogens is 373 g/mol. The van der Waals surface area contributed by atoms with Gasteiger partial charge in [-0.1, -0.05) is 0 Å². The lowest BCUT2D eigenvalue weighted by Gasteiger charge is -2.35. The van der Waals surface area contributed by atoms with Crippen LogP contribution in [-0.4, -0.2) is 94.2 Å². The van der Waals surface area contributed by atoms with Crippen LogP contribution >= 0.6 is 0 Å². The predicted octanol–water partition coefficient (Wildman–Crippen LogP) is 2.50. The maximum absolute atomic E-state index is 12.3. The van der Waals surface area contributed by atoms with Crippen LogP contribution in [0.3, 0.4) is 0 Å². The van der Waals surface area contributed by atoms with Crippen LogP contribution < -0.4 is 5.32 Å². The second-order valence-electron chi connectivity index (χ2n) is 7.69. The van der Waals surface area contributed by atoms with Crippen molar-refractivity contribution in [2.45, 2.75) is 56.9 Å². The van der Waals surface area contributed by atoms with Crippen LogP contribution in [0.2, 0.25) is 0 Å². The van der Waals surface area contributed by atoms with Crippen molar-refractivity contribution < 1.29 is 22.6 Å². The van der Waals surface area contributed by atoms with E-state index >= 15 is 0 Å². The molecule has 2 fully saturated rings. The third-order valence-electron chi connectivity index (χ3n) is 5.19. The Hall–Kier alpha value is -1.06. The number of piperidine rings is 1. The largest absolute Gasteiger partial charge is 0.401 e. The number of rotatable bonds is 8. The lowest BCUT2D eigenvalue weighted by atomic mass is 10.1. The molecule has 0 aliphatic carbocycles. The van der Waals surface area contributed by atoms with E-state index in [1.54, 1.807) is 7.05 Å². The highest BCUT2D eigenvalue weighted by atomic mass is 19.4. The molecular formula is C19H35F3N4O2. The van der Waals surface area contributed by atoms with Crippen LogP contribution in [0.15, 0.2) is 4.99 Å². The van der Waals surface area contributed by atoms with Gasteiger partial charge < -0.3 is 19.7 Å². The molecule has 2 heterocycles. The second-order valence-corrected chi connectivity index (χ2v) is 7.69. The molecule has 6 nitrogen and oxygen atoms in total. The Morgan fingerprint density at radius 3 is 2.61 bits per heavy atom. The standard InChI is InChI=1S/C19H35F3N4O2/c1-23-18(24-9-5-10-25(2)15-19(20,21)22)26-11-7-16(8-12-26)28-14-17-6-3-4-13-27-17/h16-17H,3-15H2,1-2H3,(H,23,24). The zero-order valence-electron chi connectivity index (χ0n) is 17.1. The van der Waals surface area contributed by atoms with E-state index in [0.717, 1.165) is 51.3 Å². The third kappa shape index (κ3) is 8.96. The van der Waals surface area contributed by atoms with Crippen LogP contribution in [0.1, 0.15) is 38.5 Å². The topological polar surface area (TPSA) is 49.3 Å². The van der Waals surface area contributed by atoms with Crippen molar-refractivity contribution >= 4 is 5.96 Å². The molecule has 0 radical (unpaired) electrons. The molecule has 1 atom stereocenters. The summed E-state index contributed by atoms with van der Waals surface area (Å²) in [4.78, 5) is 7.80. The minimum atomic E-state index is -4.15. The zero-order valence-corrected chi connectivity index (χ0v) is 17.1. The first kappa shape index (κ1) is 23.2. The molecule has 1 N–H and O–H groups in total. The summed E-state index contributed by atoms with van der Waals surface area (Å²) in [7, 11) is 3.23. The molecule has 0 aromatic carbocycles. The molecule has 0 amide bonds. The minimum absolute atomic E-state index is 0.247. The summed E-state index contributed by atoms with van der Waals surface area (Å²) in [5, 5.41) is 3.26. The van der Waals surface area contributed by atoms with Gasteiger partial charge in [-0.15, -0.1) is 0 Å². The Kier molecular flexibility index (Phi) is 9.81. The molecule has 0 aromatic heterocycles. The summed E-state index contributed by atoms with van der Waals surface area (Å²) in [6.07, 6.45) is 2.35. The molecule has 0 saturated carbocycles. The van der Waals surface area contributed by atoms with Crippen molar-refractivity contribution in [3.8, 4) is 0 Å². The molecule has 0 spiro atoms. The number of guanidine groups is 1. The van der Waals surface area contributed by atoms with E-state index in [4.69, 9.17) is 9.47 Å². The maximum Gasteiger partial charge on any atom is 0.401 e. The molecule has 9 heteroatoms. The molecule has 2 saturated heterocycles. The SMILES string of the molecule is CN=C(NCCCN(C)CC(F)(F)F)N1CCC(OCC2CCCCO2)CC1. The van der Waals surface area contributed by atoms with Crippen LogP contribution in [-0.2, 0) is 9.47 Å². The number of halogens is 3. The normalized spacial score (nSPS) is 22.7. The van der Waals surface area contributed by atoms with Gasteiger partial charge in [0.25, 0.3) is 0 Å². The van der Waals surface area contributed by atoms with Crippen molar-refractivity contribution in [1.82, 2.24) is 15.1 Å².